The Hall–Kier alpha value is -1.40. The lowest BCUT2D eigenvalue weighted by atomic mass is 10.0. The number of aliphatic hydroxyl groups excluding tert-OH is 2. The number of amides is 1. The second-order valence-electron chi connectivity index (χ2n) is 19.3. The number of hydrogen-bond donors (Lipinski definition) is 3. The van der Waals surface area contributed by atoms with Gasteiger partial charge in [-0.1, -0.05) is 276 Å². The number of ether oxygens (including phenoxy) is 1. The Labute approximate surface area is 387 Å². The van der Waals surface area contributed by atoms with Crippen LogP contribution in [0.4, 0.5) is 0 Å². The van der Waals surface area contributed by atoms with Crippen LogP contribution in [-0.4, -0.2) is 47.4 Å². The number of hydrogen-bond acceptors (Lipinski definition) is 5. The van der Waals surface area contributed by atoms with Gasteiger partial charge in [-0.05, 0) is 32.1 Å². The van der Waals surface area contributed by atoms with Crippen molar-refractivity contribution in [2.75, 3.05) is 13.2 Å². The highest BCUT2D eigenvalue weighted by atomic mass is 16.5. The molecule has 0 bridgehead atoms. The van der Waals surface area contributed by atoms with Crippen LogP contribution in [0.1, 0.15) is 309 Å². The molecular weight excluding hydrogens is 767 g/mol. The molecule has 0 saturated carbocycles. The predicted octanol–water partition coefficient (Wildman–Crippen LogP) is 16.9. The van der Waals surface area contributed by atoms with E-state index in [1.807, 2.05) is 6.08 Å². The van der Waals surface area contributed by atoms with Gasteiger partial charge in [-0.15, -0.1) is 0 Å². The molecule has 6 heteroatoms. The van der Waals surface area contributed by atoms with E-state index in [0.717, 1.165) is 38.5 Å². The van der Waals surface area contributed by atoms with Crippen LogP contribution in [0, 0.1) is 0 Å². The largest absolute Gasteiger partial charge is 0.466 e. The Morgan fingerprint density at radius 1 is 0.435 bits per heavy atom. The van der Waals surface area contributed by atoms with E-state index in [2.05, 4.69) is 19.2 Å². The average molecular weight is 876 g/mol. The lowest BCUT2D eigenvalue weighted by Gasteiger charge is -2.20. The van der Waals surface area contributed by atoms with Crippen LogP contribution >= 0.6 is 0 Å². The normalized spacial score (nSPS) is 12.6. The molecule has 62 heavy (non-hydrogen) atoms. The molecule has 0 aliphatic carbocycles. The number of esters is 1. The zero-order chi connectivity index (χ0) is 45.1. The SMILES string of the molecule is CCCCCCCCCCCC/C=C/C(O)C(CO)NC(=O)CCCCCCCCCCCCCCCCCCCCCOC(=O)CCCCCCCCCCCCCCCC. The minimum atomic E-state index is -0.844. The molecule has 0 aromatic rings. The van der Waals surface area contributed by atoms with Crippen LogP contribution in [0.2, 0.25) is 0 Å². The van der Waals surface area contributed by atoms with Crippen molar-refractivity contribution in [3.8, 4) is 0 Å². The van der Waals surface area contributed by atoms with Gasteiger partial charge in [0.15, 0.2) is 0 Å². The summed E-state index contributed by atoms with van der Waals surface area (Å²) in [4.78, 5) is 24.4. The Kier molecular flexibility index (Phi) is 51.0. The zero-order valence-corrected chi connectivity index (χ0v) is 41.9. The van der Waals surface area contributed by atoms with E-state index in [0.29, 0.717) is 19.4 Å². The molecule has 3 N–H and O–H groups in total. The van der Waals surface area contributed by atoms with Gasteiger partial charge in [-0.25, -0.2) is 0 Å². The summed E-state index contributed by atoms with van der Waals surface area (Å²) in [6, 6.07) is -0.628. The molecule has 0 saturated heterocycles. The van der Waals surface area contributed by atoms with Crippen molar-refractivity contribution in [2.45, 2.75) is 321 Å². The Bertz CT molecular complexity index is 924. The van der Waals surface area contributed by atoms with E-state index in [1.54, 1.807) is 6.08 Å². The predicted molar refractivity (Wildman–Crippen MR) is 269 cm³/mol. The van der Waals surface area contributed by atoms with E-state index in [9.17, 15) is 19.8 Å². The molecule has 0 heterocycles. The van der Waals surface area contributed by atoms with E-state index in [1.165, 1.54) is 244 Å². The molecule has 2 unspecified atom stereocenters. The third-order valence-corrected chi connectivity index (χ3v) is 13.1. The molecule has 0 aromatic carbocycles. The molecular formula is C56H109NO5. The minimum Gasteiger partial charge on any atom is -0.466 e. The van der Waals surface area contributed by atoms with Gasteiger partial charge >= 0.3 is 5.97 Å². The van der Waals surface area contributed by atoms with Crippen molar-refractivity contribution < 1.29 is 24.5 Å². The first kappa shape index (κ1) is 60.6. The fourth-order valence-electron chi connectivity index (χ4n) is 8.75. The van der Waals surface area contributed by atoms with E-state index >= 15 is 0 Å². The number of carbonyl (C=O) groups excluding carboxylic acids is 2. The average Bonchev–Trinajstić information content (AvgIpc) is 3.27. The first-order valence-electron chi connectivity index (χ1n) is 28.0. The monoisotopic (exact) mass is 876 g/mol. The van der Waals surface area contributed by atoms with E-state index in [4.69, 9.17) is 4.74 Å². The highest BCUT2D eigenvalue weighted by Crippen LogP contribution is 2.17. The van der Waals surface area contributed by atoms with E-state index < -0.39 is 12.1 Å². The summed E-state index contributed by atoms with van der Waals surface area (Å²) < 4.78 is 5.48. The van der Waals surface area contributed by atoms with Crippen molar-refractivity contribution in [1.29, 1.82) is 0 Å². The van der Waals surface area contributed by atoms with Crippen molar-refractivity contribution in [3.05, 3.63) is 12.2 Å². The highest BCUT2D eigenvalue weighted by Gasteiger charge is 2.18. The number of nitrogens with one attached hydrogen (secondary N) is 1. The fraction of sp³-hybridized carbons (Fsp3) is 0.929. The summed E-state index contributed by atoms with van der Waals surface area (Å²) in [6.07, 6.45) is 60.8. The van der Waals surface area contributed by atoms with Crippen molar-refractivity contribution in [2.24, 2.45) is 0 Å². The second-order valence-corrected chi connectivity index (χ2v) is 19.3. The first-order chi connectivity index (χ1) is 30.5. The summed E-state index contributed by atoms with van der Waals surface area (Å²) in [5, 5.41) is 23.0. The minimum absolute atomic E-state index is 0.0107. The number of rotatable bonds is 52. The molecule has 368 valence electrons. The lowest BCUT2D eigenvalue weighted by molar-refractivity contribution is -0.143. The standard InChI is InChI=1S/C56H109NO5/c1-3-5-7-9-11-13-15-17-26-30-34-38-42-46-50-56(61)62-51-47-43-39-35-31-27-24-22-20-18-19-21-23-25-29-33-37-41-45-49-55(60)57-53(52-58)54(59)48-44-40-36-32-28-16-14-12-10-8-6-4-2/h44,48,53-54,58-59H,3-43,45-47,49-52H2,1-2H3,(H,57,60)/b48-44+. The summed E-state index contributed by atoms with van der Waals surface area (Å²) in [7, 11) is 0. The van der Waals surface area contributed by atoms with Gasteiger partial charge in [0.1, 0.15) is 0 Å². The fourth-order valence-corrected chi connectivity index (χ4v) is 8.75. The summed E-state index contributed by atoms with van der Waals surface area (Å²) in [5.74, 6) is -0.0597. The van der Waals surface area contributed by atoms with Gasteiger partial charge in [0, 0.05) is 12.8 Å². The molecule has 0 aromatic heterocycles. The van der Waals surface area contributed by atoms with Crippen LogP contribution in [0.25, 0.3) is 0 Å². The number of aliphatic hydroxyl groups is 2. The van der Waals surface area contributed by atoms with Gasteiger partial charge in [0.2, 0.25) is 5.91 Å². The third kappa shape index (κ3) is 48.1. The number of carbonyl (C=O) groups is 2. The van der Waals surface area contributed by atoms with Gasteiger partial charge < -0.3 is 20.3 Å². The molecule has 0 aliphatic heterocycles. The summed E-state index contributed by atoms with van der Waals surface area (Å²) in [6.45, 7) is 4.90. The highest BCUT2D eigenvalue weighted by molar-refractivity contribution is 5.76. The van der Waals surface area contributed by atoms with Gasteiger partial charge in [0.05, 0.1) is 25.4 Å². The van der Waals surface area contributed by atoms with Crippen molar-refractivity contribution in [1.82, 2.24) is 5.32 Å². The Morgan fingerprint density at radius 3 is 1.10 bits per heavy atom. The molecule has 2 atom stereocenters. The summed E-state index contributed by atoms with van der Waals surface area (Å²) >= 11 is 0. The smallest absolute Gasteiger partial charge is 0.305 e. The molecule has 0 radical (unpaired) electrons. The van der Waals surface area contributed by atoms with Crippen LogP contribution in [0.5, 0.6) is 0 Å². The topological polar surface area (TPSA) is 95.9 Å². The third-order valence-electron chi connectivity index (χ3n) is 13.1. The molecule has 1 amide bonds. The van der Waals surface area contributed by atoms with Gasteiger partial charge in [0.25, 0.3) is 0 Å². The maximum absolute atomic E-state index is 12.4. The van der Waals surface area contributed by atoms with Crippen LogP contribution < -0.4 is 5.32 Å². The molecule has 0 fully saturated rings. The van der Waals surface area contributed by atoms with Gasteiger partial charge in [-0.2, -0.15) is 0 Å². The van der Waals surface area contributed by atoms with Crippen LogP contribution in [-0.2, 0) is 14.3 Å². The Morgan fingerprint density at radius 2 is 0.742 bits per heavy atom. The quantitative estimate of drug-likeness (QED) is 0.0321. The van der Waals surface area contributed by atoms with Crippen molar-refractivity contribution >= 4 is 11.9 Å². The van der Waals surface area contributed by atoms with Crippen LogP contribution in [0.3, 0.4) is 0 Å². The van der Waals surface area contributed by atoms with E-state index in [-0.39, 0.29) is 18.5 Å². The maximum Gasteiger partial charge on any atom is 0.305 e. The molecule has 0 rings (SSSR count). The lowest BCUT2D eigenvalue weighted by Crippen LogP contribution is -2.45. The maximum atomic E-state index is 12.4. The molecule has 0 spiro atoms. The zero-order valence-electron chi connectivity index (χ0n) is 41.9. The number of allylic oxidation sites excluding steroid dienone is 1. The van der Waals surface area contributed by atoms with Crippen molar-refractivity contribution in [3.63, 3.8) is 0 Å². The summed E-state index contributed by atoms with van der Waals surface area (Å²) in [5.41, 5.74) is 0. The number of unbranched alkanes of at least 4 members (excludes halogenated alkanes) is 41. The first-order valence-corrected chi connectivity index (χ1v) is 28.0. The van der Waals surface area contributed by atoms with Crippen LogP contribution in [0.15, 0.2) is 12.2 Å². The Balaban J connectivity index is 3.39. The molecule has 6 nitrogen and oxygen atoms in total. The van der Waals surface area contributed by atoms with Gasteiger partial charge in [-0.3, -0.25) is 9.59 Å². The molecule has 0 aliphatic rings. The second kappa shape index (κ2) is 52.2.